The highest BCUT2D eigenvalue weighted by atomic mass is 35.5. The number of aliphatic hydroxyl groups excluding tert-OH is 1. The number of amides is 2. The zero-order chi connectivity index (χ0) is 34.0. The van der Waals surface area contributed by atoms with E-state index in [4.69, 9.17) is 30.3 Å². The van der Waals surface area contributed by atoms with Crippen LogP contribution in [0.5, 0.6) is 5.88 Å². The van der Waals surface area contributed by atoms with Crippen molar-refractivity contribution in [3.05, 3.63) is 70.9 Å². The summed E-state index contributed by atoms with van der Waals surface area (Å²) in [7, 11) is 0. The predicted molar refractivity (Wildman–Crippen MR) is 164 cm³/mol. The molecule has 3 rings (SSSR count). The lowest BCUT2D eigenvalue weighted by Gasteiger charge is -2.24. The Balaban J connectivity index is 1.59. The molecule has 0 saturated heterocycles. The van der Waals surface area contributed by atoms with Crippen LogP contribution in [0.25, 0.3) is 11.1 Å². The number of alkyl carbamates (subject to hydrolysis) is 1. The molecule has 0 saturated carbocycles. The number of carbonyl (C=O) groups excluding carboxylic acids is 3. The van der Waals surface area contributed by atoms with Crippen LogP contribution in [-0.4, -0.2) is 75.4 Å². The van der Waals surface area contributed by atoms with E-state index in [-0.39, 0.29) is 24.1 Å². The Hall–Kier alpha value is -4.66. The lowest BCUT2D eigenvalue weighted by Crippen LogP contribution is -2.47. The molecule has 0 fully saturated rings. The molecule has 4 N–H and O–H groups in total. The highest BCUT2D eigenvalue weighted by Crippen LogP contribution is 2.23. The molecule has 0 bridgehead atoms. The number of benzene rings is 2. The van der Waals surface area contributed by atoms with Gasteiger partial charge in [-0.05, 0) is 60.7 Å². The highest BCUT2D eigenvalue weighted by molar-refractivity contribution is 6.30. The smallest absolute Gasteiger partial charge is 0.408 e. The average molecular weight is 661 g/mol. The number of aliphatic hydroxyl groups is 1. The van der Waals surface area contributed by atoms with E-state index in [1.54, 1.807) is 52.8 Å². The fourth-order valence-corrected chi connectivity index (χ4v) is 4.12. The van der Waals surface area contributed by atoms with E-state index in [2.05, 4.69) is 15.9 Å². The summed E-state index contributed by atoms with van der Waals surface area (Å²) in [6, 6.07) is 14.7. The third-order valence-corrected chi connectivity index (χ3v) is 6.37. The van der Waals surface area contributed by atoms with Crippen molar-refractivity contribution in [2.24, 2.45) is 5.92 Å². The highest BCUT2D eigenvalue weighted by Gasteiger charge is 2.29. The van der Waals surface area contributed by atoms with Crippen LogP contribution >= 0.6 is 11.6 Å². The van der Waals surface area contributed by atoms with Crippen LogP contribution in [0.4, 0.5) is 4.79 Å². The summed E-state index contributed by atoms with van der Waals surface area (Å²) >= 11 is 6.08. The molecule has 2 amide bonds. The third kappa shape index (κ3) is 11.4. The van der Waals surface area contributed by atoms with Gasteiger partial charge < -0.3 is 34.3 Å². The van der Waals surface area contributed by atoms with Crippen LogP contribution in [-0.2, 0) is 25.6 Å². The van der Waals surface area contributed by atoms with Gasteiger partial charge in [0.2, 0.25) is 12.6 Å². The summed E-state index contributed by atoms with van der Waals surface area (Å²) in [5.41, 5.74) is 4.24. The number of rotatable bonds is 14. The minimum Gasteiger partial charge on any atom is -0.479 e. The average Bonchev–Trinajstić information content (AvgIpc) is 3.44. The van der Waals surface area contributed by atoms with Crippen molar-refractivity contribution in [2.45, 2.75) is 58.9 Å². The standard InChI is InChI=1S/C31H37ClN4O10/c1-18(2)26(33-30(42)45-31(3,4)5)29(41)44-17-43-25-14-24(46-35-25)27(38)34-36(16-23(37)28(39)40)15-19-9-11-20(12-10-19)21-7-6-8-22(32)13-21/h6-14,18,23,26,37H,15-17H2,1-5H3,(H,33,42)(H,34,38)(H,39,40)/t23-,26+/m1/s1. The van der Waals surface area contributed by atoms with E-state index >= 15 is 0 Å². The number of hydrogen-bond acceptors (Lipinski definition) is 11. The maximum absolute atomic E-state index is 12.9. The summed E-state index contributed by atoms with van der Waals surface area (Å²) in [5, 5.41) is 27.1. The molecule has 0 spiro atoms. The van der Waals surface area contributed by atoms with Gasteiger partial charge >= 0.3 is 23.9 Å². The van der Waals surface area contributed by atoms with E-state index in [1.165, 1.54) is 5.01 Å². The first-order chi connectivity index (χ1) is 21.6. The van der Waals surface area contributed by atoms with Crippen molar-refractivity contribution in [2.75, 3.05) is 13.3 Å². The summed E-state index contributed by atoms with van der Waals surface area (Å²) in [4.78, 5) is 48.9. The Morgan fingerprint density at radius 2 is 1.74 bits per heavy atom. The van der Waals surface area contributed by atoms with Crippen molar-refractivity contribution in [1.29, 1.82) is 0 Å². The summed E-state index contributed by atoms with van der Waals surface area (Å²) in [6.45, 7) is 7.47. The molecule has 1 heterocycles. The first-order valence-corrected chi connectivity index (χ1v) is 14.6. The van der Waals surface area contributed by atoms with Gasteiger partial charge in [-0.25, -0.2) is 19.4 Å². The number of hydrogen-bond donors (Lipinski definition) is 4. The normalized spacial score (nSPS) is 12.7. The molecule has 3 aromatic rings. The fraction of sp³-hybridized carbons (Fsp3) is 0.387. The van der Waals surface area contributed by atoms with Gasteiger partial charge in [-0.2, -0.15) is 0 Å². The number of nitrogens with one attached hydrogen (secondary N) is 2. The molecule has 0 aliphatic rings. The topological polar surface area (TPSA) is 190 Å². The zero-order valence-electron chi connectivity index (χ0n) is 26.0. The Bertz CT molecular complexity index is 1500. The minimum absolute atomic E-state index is 0.0354. The number of carboxylic acids is 1. The number of nitrogens with zero attached hydrogens (tertiary/aromatic N) is 2. The molecule has 0 radical (unpaired) electrons. The molecule has 46 heavy (non-hydrogen) atoms. The van der Waals surface area contributed by atoms with Crippen molar-refractivity contribution in [1.82, 2.24) is 20.9 Å². The van der Waals surface area contributed by atoms with Gasteiger partial charge in [0.1, 0.15) is 11.6 Å². The van der Waals surface area contributed by atoms with Crippen LogP contribution in [0.3, 0.4) is 0 Å². The van der Waals surface area contributed by atoms with Gasteiger partial charge in [-0.3, -0.25) is 10.2 Å². The van der Waals surface area contributed by atoms with Crippen molar-refractivity contribution < 1.29 is 48.1 Å². The van der Waals surface area contributed by atoms with E-state index in [0.717, 1.165) is 17.2 Å². The van der Waals surface area contributed by atoms with E-state index in [9.17, 15) is 29.4 Å². The van der Waals surface area contributed by atoms with Gasteiger partial charge in [0.25, 0.3) is 5.88 Å². The lowest BCUT2D eigenvalue weighted by molar-refractivity contribution is -0.154. The second kappa shape index (κ2) is 16.1. The molecule has 15 heteroatoms. The van der Waals surface area contributed by atoms with Gasteiger partial charge in [-0.15, -0.1) is 0 Å². The minimum atomic E-state index is -1.80. The quantitative estimate of drug-likeness (QED) is 0.111. The van der Waals surface area contributed by atoms with Crippen LogP contribution < -0.4 is 15.5 Å². The monoisotopic (exact) mass is 660 g/mol. The SMILES string of the molecule is CC(C)[C@H](NC(=O)OC(C)(C)C)C(=O)OCOc1cc(C(=O)NN(Cc2ccc(-c3cccc(Cl)c3)cc2)C[C@@H](O)C(=O)O)on1. The van der Waals surface area contributed by atoms with Crippen LogP contribution in [0, 0.1) is 5.92 Å². The van der Waals surface area contributed by atoms with Gasteiger partial charge in [0, 0.05) is 11.6 Å². The Morgan fingerprint density at radius 3 is 2.35 bits per heavy atom. The number of carboxylic acid groups (broad SMARTS) is 1. The van der Waals surface area contributed by atoms with E-state index in [0.29, 0.717) is 10.6 Å². The lowest BCUT2D eigenvalue weighted by atomic mass is 10.0. The molecule has 0 unspecified atom stereocenters. The zero-order valence-corrected chi connectivity index (χ0v) is 26.7. The number of esters is 1. The molecule has 2 aromatic carbocycles. The molecule has 14 nitrogen and oxygen atoms in total. The molecule has 0 aliphatic carbocycles. The van der Waals surface area contributed by atoms with E-state index < -0.39 is 55.0 Å². The van der Waals surface area contributed by atoms with Crippen LogP contribution in [0.15, 0.2) is 59.1 Å². The number of ether oxygens (including phenoxy) is 3. The third-order valence-electron chi connectivity index (χ3n) is 6.14. The number of hydrazine groups is 1. The van der Waals surface area contributed by atoms with Crippen molar-refractivity contribution in [3.8, 4) is 17.0 Å². The molecule has 2 atom stereocenters. The summed E-state index contributed by atoms with van der Waals surface area (Å²) in [5.74, 6) is -3.89. The largest absolute Gasteiger partial charge is 0.479 e. The van der Waals surface area contributed by atoms with Crippen LogP contribution in [0.2, 0.25) is 5.02 Å². The van der Waals surface area contributed by atoms with Gasteiger partial charge in [0.05, 0.1) is 12.6 Å². The number of aromatic nitrogens is 1. The number of carbonyl (C=O) groups is 4. The predicted octanol–water partition coefficient (Wildman–Crippen LogP) is 4.02. The molecule has 0 aliphatic heterocycles. The maximum atomic E-state index is 12.9. The number of halogens is 1. The second-order valence-electron chi connectivity index (χ2n) is 11.5. The van der Waals surface area contributed by atoms with E-state index in [1.807, 2.05) is 30.3 Å². The van der Waals surface area contributed by atoms with Crippen molar-refractivity contribution >= 4 is 35.5 Å². The molecule has 248 valence electrons. The molecule has 1 aromatic heterocycles. The van der Waals surface area contributed by atoms with Gasteiger partial charge in [0.15, 0.2) is 6.10 Å². The van der Waals surface area contributed by atoms with Crippen molar-refractivity contribution in [3.63, 3.8) is 0 Å². The summed E-state index contributed by atoms with van der Waals surface area (Å²) < 4.78 is 20.6. The first kappa shape index (κ1) is 35.8. The Morgan fingerprint density at radius 1 is 1.04 bits per heavy atom. The fourth-order valence-electron chi connectivity index (χ4n) is 3.93. The van der Waals surface area contributed by atoms with Crippen LogP contribution in [0.1, 0.15) is 50.7 Å². The second-order valence-corrected chi connectivity index (χ2v) is 11.9. The number of aliphatic carboxylic acids is 1. The van der Waals surface area contributed by atoms with Gasteiger partial charge in [-0.1, -0.05) is 61.8 Å². The Kier molecular flexibility index (Phi) is 12.5. The molecular weight excluding hydrogens is 624 g/mol. The molecular formula is C31H37ClN4O10. The summed E-state index contributed by atoms with van der Waals surface area (Å²) in [6.07, 6.45) is -2.58. The maximum Gasteiger partial charge on any atom is 0.408 e. The Labute approximate surface area is 270 Å². The first-order valence-electron chi connectivity index (χ1n) is 14.2.